The van der Waals surface area contributed by atoms with Crippen LogP contribution >= 0.6 is 0 Å². The maximum Gasteiger partial charge on any atom is 0.404 e. The molecule has 0 saturated carbocycles. The van der Waals surface area contributed by atoms with Gasteiger partial charge >= 0.3 is 6.09 Å². The molecule has 0 aliphatic heterocycles. The van der Waals surface area contributed by atoms with Crippen molar-refractivity contribution in [3.63, 3.8) is 0 Å². The fourth-order valence-corrected chi connectivity index (χ4v) is 1.68. The van der Waals surface area contributed by atoms with Crippen molar-refractivity contribution >= 4 is 17.7 Å². The second kappa shape index (κ2) is 8.04. The van der Waals surface area contributed by atoms with Gasteiger partial charge in [-0.1, -0.05) is 6.92 Å². The summed E-state index contributed by atoms with van der Waals surface area (Å²) in [6.07, 6.45) is 0.197. The van der Waals surface area contributed by atoms with E-state index in [1.807, 2.05) is 19.1 Å². The van der Waals surface area contributed by atoms with Crippen LogP contribution in [-0.4, -0.2) is 31.7 Å². The number of carbonyl (C=O) groups excluding carboxylic acids is 2. The molecule has 0 spiro atoms. The molecular formula is C14H21N3O3. The summed E-state index contributed by atoms with van der Waals surface area (Å²) < 4.78 is 4.53. The second-order valence-corrected chi connectivity index (χ2v) is 4.38. The monoisotopic (exact) mass is 279 g/mol. The number of primary amides is 1. The van der Waals surface area contributed by atoms with E-state index in [-0.39, 0.29) is 19.1 Å². The minimum absolute atomic E-state index is 0.0657. The smallest absolute Gasteiger partial charge is 0.404 e. The van der Waals surface area contributed by atoms with Gasteiger partial charge in [0.15, 0.2) is 0 Å². The number of ether oxygens (including phenoxy) is 1. The summed E-state index contributed by atoms with van der Waals surface area (Å²) in [6.45, 7) is 5.24. The van der Waals surface area contributed by atoms with E-state index in [0.717, 1.165) is 24.2 Å². The molecule has 0 aromatic heterocycles. The zero-order valence-corrected chi connectivity index (χ0v) is 11.9. The Morgan fingerprint density at radius 3 is 2.65 bits per heavy atom. The fraction of sp³-hybridized carbons (Fsp3) is 0.429. The van der Waals surface area contributed by atoms with Gasteiger partial charge in [-0.2, -0.15) is 0 Å². The van der Waals surface area contributed by atoms with E-state index in [9.17, 15) is 9.59 Å². The van der Waals surface area contributed by atoms with Crippen LogP contribution in [0.2, 0.25) is 0 Å². The Morgan fingerprint density at radius 2 is 2.05 bits per heavy atom. The molecular weight excluding hydrogens is 258 g/mol. The SMILES string of the molecule is CCCNc1ccc(C(=O)NCCOC(N)=O)cc1C. The number of benzene rings is 1. The third kappa shape index (κ3) is 5.17. The van der Waals surface area contributed by atoms with Crippen molar-refractivity contribution in [2.75, 3.05) is 25.0 Å². The Bertz CT molecular complexity index is 475. The first-order chi connectivity index (χ1) is 9.54. The van der Waals surface area contributed by atoms with Crippen LogP contribution in [0.15, 0.2) is 18.2 Å². The molecule has 0 fully saturated rings. The van der Waals surface area contributed by atoms with Crippen molar-refractivity contribution in [2.45, 2.75) is 20.3 Å². The lowest BCUT2D eigenvalue weighted by Crippen LogP contribution is -2.29. The Balaban J connectivity index is 2.52. The molecule has 0 atom stereocenters. The molecule has 4 N–H and O–H groups in total. The van der Waals surface area contributed by atoms with Crippen LogP contribution in [-0.2, 0) is 4.74 Å². The molecule has 0 aliphatic carbocycles. The van der Waals surface area contributed by atoms with Gasteiger partial charge in [-0.25, -0.2) is 4.79 Å². The quantitative estimate of drug-likeness (QED) is 0.661. The standard InChI is InChI=1S/C14H21N3O3/c1-3-6-16-12-5-4-11(9-10(12)2)13(18)17-7-8-20-14(15)19/h4-5,9,16H,3,6-8H2,1-2H3,(H2,15,19)(H,17,18). The van der Waals surface area contributed by atoms with Crippen LogP contribution in [0.1, 0.15) is 29.3 Å². The minimum atomic E-state index is -0.846. The van der Waals surface area contributed by atoms with Gasteiger partial charge in [0.2, 0.25) is 0 Å². The lowest BCUT2D eigenvalue weighted by molar-refractivity contribution is 0.0937. The Hall–Kier alpha value is -2.24. The van der Waals surface area contributed by atoms with E-state index in [4.69, 9.17) is 5.73 Å². The molecule has 1 rings (SSSR count). The van der Waals surface area contributed by atoms with E-state index in [0.29, 0.717) is 5.56 Å². The molecule has 1 aromatic carbocycles. The van der Waals surface area contributed by atoms with Crippen LogP contribution in [0.4, 0.5) is 10.5 Å². The Morgan fingerprint density at radius 1 is 1.30 bits per heavy atom. The Labute approximate surface area is 118 Å². The number of carbonyl (C=O) groups is 2. The summed E-state index contributed by atoms with van der Waals surface area (Å²) in [7, 11) is 0. The predicted octanol–water partition coefficient (Wildman–Crippen LogP) is 1.64. The van der Waals surface area contributed by atoms with Gasteiger partial charge in [-0.15, -0.1) is 0 Å². The third-order valence-corrected chi connectivity index (χ3v) is 2.69. The summed E-state index contributed by atoms with van der Waals surface area (Å²) in [5.41, 5.74) is 7.43. The normalized spacial score (nSPS) is 9.90. The zero-order chi connectivity index (χ0) is 15.0. The molecule has 2 amide bonds. The lowest BCUT2D eigenvalue weighted by Gasteiger charge is -2.10. The molecule has 0 bridgehead atoms. The van der Waals surface area contributed by atoms with Crippen LogP contribution < -0.4 is 16.4 Å². The van der Waals surface area contributed by atoms with Crippen LogP contribution in [0, 0.1) is 6.92 Å². The third-order valence-electron chi connectivity index (χ3n) is 2.69. The van der Waals surface area contributed by atoms with Gasteiger partial charge in [-0.3, -0.25) is 4.79 Å². The highest BCUT2D eigenvalue weighted by atomic mass is 16.5. The van der Waals surface area contributed by atoms with Gasteiger partial charge in [0.05, 0.1) is 6.54 Å². The van der Waals surface area contributed by atoms with E-state index in [1.54, 1.807) is 6.07 Å². The first-order valence-electron chi connectivity index (χ1n) is 6.59. The Kier molecular flexibility index (Phi) is 6.36. The molecule has 110 valence electrons. The first kappa shape index (κ1) is 15.8. The average molecular weight is 279 g/mol. The van der Waals surface area contributed by atoms with Gasteiger partial charge in [0, 0.05) is 17.8 Å². The predicted molar refractivity (Wildman–Crippen MR) is 77.8 cm³/mol. The number of amides is 2. The number of nitrogens with two attached hydrogens (primary N) is 1. The summed E-state index contributed by atoms with van der Waals surface area (Å²) >= 11 is 0. The van der Waals surface area contributed by atoms with Crippen molar-refractivity contribution in [3.8, 4) is 0 Å². The van der Waals surface area contributed by atoms with Gasteiger partial charge in [0.25, 0.3) is 5.91 Å². The first-order valence-corrected chi connectivity index (χ1v) is 6.59. The zero-order valence-electron chi connectivity index (χ0n) is 11.9. The number of hydrogen-bond acceptors (Lipinski definition) is 4. The van der Waals surface area contributed by atoms with E-state index in [1.165, 1.54) is 0 Å². The summed E-state index contributed by atoms with van der Waals surface area (Å²) in [4.78, 5) is 22.2. The van der Waals surface area contributed by atoms with Gasteiger partial charge in [-0.05, 0) is 37.1 Å². The maximum absolute atomic E-state index is 11.9. The van der Waals surface area contributed by atoms with E-state index < -0.39 is 6.09 Å². The minimum Gasteiger partial charge on any atom is -0.448 e. The second-order valence-electron chi connectivity index (χ2n) is 4.38. The molecule has 6 nitrogen and oxygen atoms in total. The van der Waals surface area contributed by atoms with Crippen molar-refractivity contribution in [2.24, 2.45) is 5.73 Å². The molecule has 0 aliphatic rings. The number of anilines is 1. The van der Waals surface area contributed by atoms with Crippen molar-refractivity contribution in [1.82, 2.24) is 5.32 Å². The summed E-state index contributed by atoms with van der Waals surface area (Å²) in [5, 5.41) is 5.94. The van der Waals surface area contributed by atoms with E-state index in [2.05, 4.69) is 22.3 Å². The number of rotatable bonds is 7. The van der Waals surface area contributed by atoms with Crippen molar-refractivity contribution < 1.29 is 14.3 Å². The highest BCUT2D eigenvalue weighted by molar-refractivity contribution is 5.94. The van der Waals surface area contributed by atoms with Gasteiger partial charge in [0.1, 0.15) is 6.61 Å². The largest absolute Gasteiger partial charge is 0.448 e. The average Bonchev–Trinajstić information content (AvgIpc) is 2.41. The maximum atomic E-state index is 11.9. The number of nitrogens with one attached hydrogen (secondary N) is 2. The van der Waals surface area contributed by atoms with Crippen molar-refractivity contribution in [3.05, 3.63) is 29.3 Å². The van der Waals surface area contributed by atoms with Crippen LogP contribution in [0.3, 0.4) is 0 Å². The highest BCUT2D eigenvalue weighted by Gasteiger charge is 2.07. The molecule has 6 heteroatoms. The van der Waals surface area contributed by atoms with Crippen LogP contribution in [0.5, 0.6) is 0 Å². The lowest BCUT2D eigenvalue weighted by atomic mass is 10.1. The molecule has 0 unspecified atom stereocenters. The number of hydrogen-bond donors (Lipinski definition) is 3. The van der Waals surface area contributed by atoms with Crippen molar-refractivity contribution in [1.29, 1.82) is 0 Å². The van der Waals surface area contributed by atoms with Crippen LogP contribution in [0.25, 0.3) is 0 Å². The number of aryl methyl sites for hydroxylation is 1. The fourth-order valence-electron chi connectivity index (χ4n) is 1.68. The molecule has 0 saturated heterocycles. The summed E-state index contributed by atoms with van der Waals surface area (Å²) in [5.74, 6) is -0.205. The molecule has 0 heterocycles. The van der Waals surface area contributed by atoms with Gasteiger partial charge < -0.3 is 21.1 Å². The molecule has 1 aromatic rings. The molecule has 0 radical (unpaired) electrons. The molecule has 20 heavy (non-hydrogen) atoms. The topological polar surface area (TPSA) is 93.4 Å². The summed E-state index contributed by atoms with van der Waals surface area (Å²) in [6, 6.07) is 5.47. The van der Waals surface area contributed by atoms with E-state index >= 15 is 0 Å². The highest BCUT2D eigenvalue weighted by Crippen LogP contribution is 2.16.